The quantitative estimate of drug-likeness (QED) is 0.275. The molecule has 1 heterocycles. The number of rotatable bonds is 6. The van der Waals surface area contributed by atoms with E-state index < -0.39 is 54.4 Å². The maximum atomic E-state index is 12.2. The smallest absolute Gasteiger partial charge is 0.338 e. The largest absolute Gasteiger partial charge is 0.504 e. The van der Waals surface area contributed by atoms with Crippen LogP contribution in [0.4, 0.5) is 0 Å². The van der Waals surface area contributed by atoms with Crippen molar-refractivity contribution in [1.82, 2.24) is 0 Å². The second kappa shape index (κ2) is 9.16. The van der Waals surface area contributed by atoms with Crippen LogP contribution < -0.4 is 9.47 Å². The second-order valence-electron chi connectivity index (χ2n) is 6.81. The van der Waals surface area contributed by atoms with Gasteiger partial charge >= 0.3 is 5.97 Å². The van der Waals surface area contributed by atoms with Crippen LogP contribution in [0.3, 0.4) is 0 Å². The zero-order chi connectivity index (χ0) is 22.7. The van der Waals surface area contributed by atoms with E-state index in [4.69, 9.17) is 18.9 Å². The Morgan fingerprint density at radius 2 is 1.74 bits per heavy atom. The van der Waals surface area contributed by atoms with Crippen molar-refractivity contribution in [3.05, 3.63) is 35.9 Å². The number of phenols is 4. The van der Waals surface area contributed by atoms with Crippen LogP contribution in [0, 0.1) is 0 Å². The van der Waals surface area contributed by atoms with Gasteiger partial charge in [-0.1, -0.05) is 0 Å². The summed E-state index contributed by atoms with van der Waals surface area (Å²) in [6, 6.07) is 6.07. The van der Waals surface area contributed by atoms with Crippen molar-refractivity contribution in [2.24, 2.45) is 0 Å². The molecule has 6 N–H and O–H groups in total. The fourth-order valence-corrected chi connectivity index (χ4v) is 2.99. The number of phenolic OH excluding ortho intramolecular Hbond substituents is 4. The highest BCUT2D eigenvalue weighted by Gasteiger charge is 2.38. The fraction of sp³-hybridized carbons (Fsp3) is 0.350. The average Bonchev–Trinajstić information content (AvgIpc) is 2.73. The third-order valence-corrected chi connectivity index (χ3v) is 4.64. The monoisotopic (exact) mass is 438 g/mol. The molecule has 1 fully saturated rings. The van der Waals surface area contributed by atoms with Crippen molar-refractivity contribution in [1.29, 1.82) is 0 Å². The number of hydrogen-bond donors (Lipinski definition) is 6. The summed E-state index contributed by atoms with van der Waals surface area (Å²) in [4.78, 5) is 12.2. The molecule has 0 aromatic heterocycles. The second-order valence-corrected chi connectivity index (χ2v) is 6.81. The molecule has 0 unspecified atom stereocenters. The van der Waals surface area contributed by atoms with Gasteiger partial charge in [0.1, 0.15) is 24.6 Å². The van der Waals surface area contributed by atoms with Gasteiger partial charge in [-0.25, -0.2) is 4.79 Å². The topological polar surface area (TPSA) is 175 Å². The maximum Gasteiger partial charge on any atom is 0.338 e. The first-order chi connectivity index (χ1) is 14.7. The molecule has 31 heavy (non-hydrogen) atoms. The molecule has 1 aliphatic heterocycles. The minimum atomic E-state index is -1.38. The Morgan fingerprint density at radius 1 is 1.06 bits per heavy atom. The predicted octanol–water partition coefficient (Wildman–Crippen LogP) is 0.590. The van der Waals surface area contributed by atoms with Gasteiger partial charge in [-0.15, -0.1) is 0 Å². The third-order valence-electron chi connectivity index (χ3n) is 4.64. The van der Waals surface area contributed by atoms with Crippen LogP contribution >= 0.6 is 0 Å². The van der Waals surface area contributed by atoms with E-state index >= 15 is 0 Å². The number of benzene rings is 2. The highest BCUT2D eigenvalue weighted by molar-refractivity contribution is 5.91. The molecule has 1 aliphatic rings. The molecule has 11 nitrogen and oxygen atoms in total. The number of aromatic hydroxyl groups is 4. The summed E-state index contributed by atoms with van der Waals surface area (Å²) in [5, 5.41) is 58.4. The van der Waals surface area contributed by atoms with Crippen LogP contribution in [-0.2, 0) is 9.47 Å². The molecule has 2 aromatic rings. The standard InChI is InChI=1S/C20H22O11/c1-28-15-3-2-10(6-11(15)21)30-17-7-14(24)19(26)16(31-17)8-29-20(27)9-4-12(22)18(25)13(23)5-9/h2-6,14,16-17,19,21-26H,7-8H2,1H3/t14-,16+,17-,19-/m0/s1. The summed E-state index contributed by atoms with van der Waals surface area (Å²) in [6.07, 6.45) is -4.87. The van der Waals surface area contributed by atoms with Gasteiger partial charge in [-0.2, -0.15) is 0 Å². The highest BCUT2D eigenvalue weighted by Crippen LogP contribution is 2.36. The SMILES string of the molecule is COc1ccc(O[C@@H]2C[C@H](O)[C@H](O)[C@@H](COC(=O)c3cc(O)c(O)c(O)c3)O2)cc1O. The molecule has 1 saturated heterocycles. The molecule has 168 valence electrons. The molecule has 0 amide bonds. The van der Waals surface area contributed by atoms with Crippen LogP contribution in [-0.4, -0.2) is 74.9 Å². The number of carbonyl (C=O) groups excluding carboxylic acids is 1. The minimum absolute atomic E-state index is 0.0852. The van der Waals surface area contributed by atoms with Gasteiger partial charge in [-0.05, 0) is 24.3 Å². The number of ether oxygens (including phenoxy) is 4. The van der Waals surface area contributed by atoms with E-state index in [0.29, 0.717) is 0 Å². The molecule has 0 bridgehead atoms. The molecular formula is C20H22O11. The Labute approximate surface area is 176 Å². The summed E-state index contributed by atoms with van der Waals surface area (Å²) in [5.74, 6) is -2.89. The molecule has 3 rings (SSSR count). The van der Waals surface area contributed by atoms with Crippen LogP contribution in [0.15, 0.2) is 30.3 Å². The first kappa shape index (κ1) is 22.3. The van der Waals surface area contributed by atoms with Crippen molar-refractivity contribution in [3.63, 3.8) is 0 Å². The minimum Gasteiger partial charge on any atom is -0.504 e. The van der Waals surface area contributed by atoms with Crippen LogP contribution in [0.25, 0.3) is 0 Å². The molecule has 0 radical (unpaired) electrons. The molecule has 4 atom stereocenters. The van der Waals surface area contributed by atoms with Crippen LogP contribution in [0.2, 0.25) is 0 Å². The van der Waals surface area contributed by atoms with E-state index in [2.05, 4.69) is 0 Å². The number of carbonyl (C=O) groups is 1. The van der Waals surface area contributed by atoms with E-state index in [1.807, 2.05) is 0 Å². The number of aliphatic hydroxyl groups is 2. The summed E-state index contributed by atoms with van der Waals surface area (Å²) in [7, 11) is 1.39. The van der Waals surface area contributed by atoms with Gasteiger partial charge in [0.25, 0.3) is 0 Å². The molecule has 0 aliphatic carbocycles. The summed E-state index contributed by atoms with van der Waals surface area (Å²) in [5.41, 5.74) is -0.250. The lowest BCUT2D eigenvalue weighted by molar-refractivity contribution is -0.229. The van der Waals surface area contributed by atoms with Gasteiger partial charge in [0.05, 0.1) is 18.8 Å². The van der Waals surface area contributed by atoms with E-state index in [1.54, 1.807) is 0 Å². The highest BCUT2D eigenvalue weighted by atomic mass is 16.7. The van der Waals surface area contributed by atoms with E-state index in [-0.39, 0.29) is 29.2 Å². The van der Waals surface area contributed by atoms with Crippen LogP contribution in [0.1, 0.15) is 16.8 Å². The molecule has 0 saturated carbocycles. The zero-order valence-electron chi connectivity index (χ0n) is 16.3. The first-order valence-electron chi connectivity index (χ1n) is 9.17. The van der Waals surface area contributed by atoms with E-state index in [0.717, 1.165) is 12.1 Å². The van der Waals surface area contributed by atoms with Gasteiger partial charge in [-0.3, -0.25) is 0 Å². The number of methoxy groups -OCH3 is 1. The summed E-state index contributed by atoms with van der Waals surface area (Å²) >= 11 is 0. The van der Waals surface area contributed by atoms with E-state index in [1.165, 1.54) is 25.3 Å². The Balaban J connectivity index is 1.64. The van der Waals surface area contributed by atoms with Crippen molar-refractivity contribution >= 4 is 5.97 Å². The van der Waals surface area contributed by atoms with Crippen molar-refractivity contribution in [2.45, 2.75) is 31.0 Å². The zero-order valence-corrected chi connectivity index (χ0v) is 16.3. The van der Waals surface area contributed by atoms with Crippen molar-refractivity contribution in [3.8, 4) is 34.5 Å². The Bertz CT molecular complexity index is 922. The van der Waals surface area contributed by atoms with Crippen LogP contribution in [0.5, 0.6) is 34.5 Å². The van der Waals surface area contributed by atoms with Crippen molar-refractivity contribution in [2.75, 3.05) is 13.7 Å². The number of aliphatic hydroxyl groups excluding tert-OH is 2. The number of esters is 1. The molecule has 2 aromatic carbocycles. The van der Waals surface area contributed by atoms with Gasteiger partial charge in [0.15, 0.2) is 28.7 Å². The number of hydrogen-bond acceptors (Lipinski definition) is 11. The summed E-state index contributed by atoms with van der Waals surface area (Å²) in [6.45, 7) is -0.479. The average molecular weight is 438 g/mol. The lowest BCUT2D eigenvalue weighted by atomic mass is 10.0. The Hall–Kier alpha value is -3.41. The normalized spacial score (nSPS) is 23.2. The fourth-order valence-electron chi connectivity index (χ4n) is 2.99. The summed E-state index contributed by atoms with van der Waals surface area (Å²) < 4.78 is 21.1. The predicted molar refractivity (Wildman–Crippen MR) is 102 cm³/mol. The third kappa shape index (κ3) is 5.02. The molecule has 11 heteroatoms. The lowest BCUT2D eigenvalue weighted by Crippen LogP contribution is -2.51. The Morgan fingerprint density at radius 3 is 2.35 bits per heavy atom. The van der Waals surface area contributed by atoms with Gasteiger partial charge in [0.2, 0.25) is 6.29 Å². The van der Waals surface area contributed by atoms with Crippen molar-refractivity contribution < 1.29 is 54.4 Å². The molecule has 0 spiro atoms. The van der Waals surface area contributed by atoms with Gasteiger partial charge in [0, 0.05) is 12.5 Å². The maximum absolute atomic E-state index is 12.2. The lowest BCUT2D eigenvalue weighted by Gasteiger charge is -2.36. The Kier molecular flexibility index (Phi) is 6.59. The molecular weight excluding hydrogens is 416 g/mol. The van der Waals surface area contributed by atoms with Gasteiger partial charge < -0.3 is 49.6 Å². The first-order valence-corrected chi connectivity index (χ1v) is 9.17. The van der Waals surface area contributed by atoms with E-state index in [9.17, 15) is 35.4 Å².